The van der Waals surface area contributed by atoms with Gasteiger partial charge in [-0.05, 0) is 97.8 Å². The molecule has 41 heteroatoms. The second kappa shape index (κ2) is 60.3. The Labute approximate surface area is 714 Å². The minimum Gasteiger partial charge on any atom is -0.394 e. The molecule has 4 saturated heterocycles. The van der Waals surface area contributed by atoms with Gasteiger partial charge in [-0.25, -0.2) is 0 Å². The first-order valence-corrected chi connectivity index (χ1v) is 43.2. The number of Topliss-reactive ketones (excluding diaryl/α,β-unsaturated/α-hetero) is 1. The Morgan fingerprint density at radius 3 is 0.992 bits per heavy atom. The van der Waals surface area contributed by atoms with Crippen LogP contribution in [-0.4, -0.2) is 362 Å². The SMILES string of the molecule is CC(=O)NC1C(OCCCCC(=O)NCCCNC(=O)CCOCC(COCCC(=O)NCCCNC(=O)CCCCOC2OC(CO)C(O)C(O)C2NC(C)=O)(COCCC(=O)NCCCNC(=O)CCCCOC2OC(CO)C(O)C(O)C2NC(C)=O)CC(=O)CCCCCCCCC(=O)N2C[C@H](O)C[C@H]2COC(C)(C)C)OC(CO)C(O)C1O. The number of aliphatic hydroxyl groups is 10. The number of nitrogens with one attached hydrogen (secondary N) is 9. The van der Waals surface area contributed by atoms with Crippen molar-refractivity contribution in [3.05, 3.63) is 0 Å². The second-order valence-corrected chi connectivity index (χ2v) is 32.7. The summed E-state index contributed by atoms with van der Waals surface area (Å²) < 4.78 is 58.4. The summed E-state index contributed by atoms with van der Waals surface area (Å²) in [5.74, 6) is -3.49. The number of aliphatic hydroxyl groups excluding tert-OH is 10. The number of ketones is 1. The topological polar surface area (TPSA) is 594 Å². The Bertz CT molecular complexity index is 2830. The number of amides is 10. The van der Waals surface area contributed by atoms with Crippen LogP contribution in [0.25, 0.3) is 0 Å². The molecule has 0 aromatic carbocycles. The first kappa shape index (κ1) is 108. The van der Waals surface area contributed by atoms with Gasteiger partial charge in [0.15, 0.2) is 18.9 Å². The minimum atomic E-state index is -1.46. The van der Waals surface area contributed by atoms with Crippen molar-refractivity contribution in [1.82, 2.24) is 52.8 Å². The predicted octanol–water partition coefficient (Wildman–Crippen LogP) is -3.69. The number of likely N-dealkylation sites (tertiary alicyclic amines) is 1. The number of hydrogen-bond acceptors (Lipinski definition) is 31. The number of unbranched alkanes of at least 4 members (excludes halogenated alkanes) is 8. The Balaban J connectivity index is 1.31. The van der Waals surface area contributed by atoms with Gasteiger partial charge in [-0.1, -0.05) is 25.7 Å². The van der Waals surface area contributed by atoms with Crippen molar-refractivity contribution in [1.29, 1.82) is 0 Å². The highest BCUT2D eigenvalue weighted by Gasteiger charge is 2.48. The fourth-order valence-electron chi connectivity index (χ4n) is 14.1. The average molecular weight is 1750 g/mol. The Morgan fingerprint density at radius 1 is 0.377 bits per heavy atom. The van der Waals surface area contributed by atoms with Crippen LogP contribution in [-0.2, 0) is 100 Å². The summed E-state index contributed by atoms with van der Waals surface area (Å²) in [6, 6.07) is -3.49. The largest absolute Gasteiger partial charge is 0.394 e. The summed E-state index contributed by atoms with van der Waals surface area (Å²) in [5.41, 5.74) is -1.59. The zero-order valence-electron chi connectivity index (χ0n) is 72.1. The lowest BCUT2D eigenvalue weighted by molar-refractivity contribution is -0.270. The zero-order valence-corrected chi connectivity index (χ0v) is 72.1. The molecular formula is C81H144N10O31. The molecule has 0 bridgehead atoms. The van der Waals surface area contributed by atoms with E-state index in [-0.39, 0.29) is 210 Å². The zero-order chi connectivity index (χ0) is 90.0. The van der Waals surface area contributed by atoms with Gasteiger partial charge in [0.2, 0.25) is 59.1 Å². The van der Waals surface area contributed by atoms with Crippen LogP contribution in [0.5, 0.6) is 0 Å². The molecule has 15 unspecified atom stereocenters. The highest BCUT2D eigenvalue weighted by atomic mass is 16.7. The fourth-order valence-corrected chi connectivity index (χ4v) is 14.1. The molecule has 17 atom stereocenters. The Hall–Kier alpha value is -6.43. The smallest absolute Gasteiger partial charge is 0.222 e. The molecule has 0 radical (unpaired) electrons. The highest BCUT2D eigenvalue weighted by molar-refractivity contribution is 5.80. The van der Waals surface area contributed by atoms with E-state index in [0.717, 1.165) is 25.7 Å². The maximum atomic E-state index is 14.2. The van der Waals surface area contributed by atoms with Crippen molar-refractivity contribution >= 4 is 64.9 Å². The van der Waals surface area contributed by atoms with Gasteiger partial charge in [0.05, 0.1) is 83.8 Å². The van der Waals surface area contributed by atoms with Crippen LogP contribution in [0.4, 0.5) is 0 Å². The number of nitrogens with zero attached hydrogens (tertiary/aromatic N) is 1. The Kier molecular flexibility index (Phi) is 53.3. The monoisotopic (exact) mass is 1750 g/mol. The van der Waals surface area contributed by atoms with Gasteiger partial charge < -0.3 is 151 Å². The molecule has 122 heavy (non-hydrogen) atoms. The average Bonchev–Trinajstić information content (AvgIpc) is 0.905. The van der Waals surface area contributed by atoms with Crippen LogP contribution < -0.4 is 47.9 Å². The molecule has 10 amide bonds. The number of rotatable bonds is 64. The quantitative estimate of drug-likeness (QED) is 0.0261. The number of carbonyl (C=O) groups excluding carboxylic acids is 11. The summed E-state index contributed by atoms with van der Waals surface area (Å²) in [5, 5.41) is 126. The van der Waals surface area contributed by atoms with Crippen molar-refractivity contribution < 1.29 is 151 Å². The standard InChI is InChI=1S/C81H144N10O31/c1-52(95)88-68-74(110)71(107)58(45-92)120-77(68)116-36-16-13-23-61(100)82-30-19-33-85-64(103)27-39-113-49-81(43-56(98)22-11-9-7-8-10-12-26-67(106)91-44-57(99)42-55(91)48-119-80(4,5)6,50-114-40-28-65(104)86-34-20-31-83-62(101)24-14-17-37-117-78-69(89-53(2)96)75(111)72(108)59(46-93)121-78)51-115-41-29-66(105)87-35-21-32-84-63(102)25-15-18-38-118-79-70(90-54(3)97)76(112)73(109)60(47-94)122-79/h55,57-60,68-79,92-94,99,107-112H,7-51H2,1-6H3,(H,82,100)(H,83,101)(H,84,102)(H,85,103)(H,86,104)(H,87,105)(H,88,95)(H,89,96)(H,90,97)/t55-,57+,58?,59?,60?,68?,69?,70?,71?,72?,73?,74?,75?,76?,77?,78?,79?,81?/m0/s1. The molecule has 704 valence electrons. The van der Waals surface area contributed by atoms with Gasteiger partial charge in [-0.3, -0.25) is 52.7 Å². The van der Waals surface area contributed by atoms with Gasteiger partial charge in [0.1, 0.15) is 78.8 Å². The first-order valence-electron chi connectivity index (χ1n) is 43.2. The van der Waals surface area contributed by atoms with Crippen molar-refractivity contribution in [2.75, 3.05) is 132 Å². The molecule has 4 rings (SSSR count). The molecule has 19 N–H and O–H groups in total. The van der Waals surface area contributed by atoms with E-state index in [9.17, 15) is 104 Å². The molecule has 4 aliphatic rings. The third-order valence-corrected chi connectivity index (χ3v) is 20.7. The van der Waals surface area contributed by atoms with Crippen LogP contribution in [0.2, 0.25) is 0 Å². The maximum Gasteiger partial charge on any atom is 0.222 e. The molecular weight excluding hydrogens is 1610 g/mol. The number of β-amino-alcohol motifs (C(OH)–C–C–N with tert-alkyl or cyclic N) is 1. The number of carbonyl (C=O) groups is 11. The van der Waals surface area contributed by atoms with E-state index in [4.69, 9.17) is 47.4 Å². The third kappa shape index (κ3) is 43.7. The molecule has 4 aliphatic heterocycles. The maximum absolute atomic E-state index is 14.2. The number of hydrogen-bond donors (Lipinski definition) is 19. The van der Waals surface area contributed by atoms with Gasteiger partial charge in [0, 0.05) is 150 Å². The van der Waals surface area contributed by atoms with Crippen molar-refractivity contribution in [3.63, 3.8) is 0 Å². The van der Waals surface area contributed by atoms with Gasteiger partial charge >= 0.3 is 0 Å². The van der Waals surface area contributed by atoms with Crippen LogP contribution >= 0.6 is 0 Å². The van der Waals surface area contributed by atoms with Gasteiger partial charge in [0.25, 0.3) is 0 Å². The van der Waals surface area contributed by atoms with E-state index in [1.807, 2.05) is 20.8 Å². The van der Waals surface area contributed by atoms with E-state index in [0.29, 0.717) is 90.1 Å². The van der Waals surface area contributed by atoms with E-state index in [2.05, 4.69) is 47.9 Å². The molecule has 0 spiro atoms. The van der Waals surface area contributed by atoms with Crippen molar-refractivity contribution in [3.8, 4) is 0 Å². The second-order valence-electron chi connectivity index (χ2n) is 32.7. The van der Waals surface area contributed by atoms with E-state index in [1.165, 1.54) is 20.8 Å². The molecule has 4 heterocycles. The lowest BCUT2D eigenvalue weighted by Gasteiger charge is -2.42. The summed E-state index contributed by atoms with van der Waals surface area (Å²) in [4.78, 5) is 142. The fraction of sp³-hybridized carbons (Fsp3) is 0.864. The molecule has 4 fully saturated rings. The van der Waals surface area contributed by atoms with Crippen molar-refractivity contribution in [2.45, 2.75) is 312 Å². The summed E-state index contributed by atoms with van der Waals surface area (Å²) in [6.07, 6.45) is -7.41. The van der Waals surface area contributed by atoms with E-state index in [1.54, 1.807) is 4.90 Å². The van der Waals surface area contributed by atoms with Crippen LogP contribution in [0.15, 0.2) is 0 Å². The third-order valence-electron chi connectivity index (χ3n) is 20.7. The Morgan fingerprint density at radius 2 is 0.680 bits per heavy atom. The van der Waals surface area contributed by atoms with Crippen molar-refractivity contribution in [2.24, 2.45) is 5.41 Å². The minimum absolute atomic E-state index is 0.0243. The summed E-state index contributed by atoms with van der Waals surface area (Å²) in [7, 11) is 0. The normalized spacial score (nSPS) is 25.2. The van der Waals surface area contributed by atoms with Crippen LogP contribution in [0.1, 0.15) is 202 Å². The molecule has 0 aliphatic carbocycles. The van der Waals surface area contributed by atoms with Gasteiger partial charge in [-0.15, -0.1) is 0 Å². The van der Waals surface area contributed by atoms with Gasteiger partial charge in [-0.2, -0.15) is 0 Å². The first-order chi connectivity index (χ1) is 58.2. The molecule has 0 aromatic heterocycles. The predicted molar refractivity (Wildman–Crippen MR) is 435 cm³/mol. The molecule has 0 saturated carbocycles. The van der Waals surface area contributed by atoms with E-state index >= 15 is 0 Å². The lowest BCUT2D eigenvalue weighted by atomic mass is 9.84. The molecule has 41 nitrogen and oxygen atoms in total. The summed E-state index contributed by atoms with van der Waals surface area (Å²) >= 11 is 0. The number of ether oxygens (including phenoxy) is 10. The molecule has 0 aromatic rings. The highest BCUT2D eigenvalue weighted by Crippen LogP contribution is 2.30. The van der Waals surface area contributed by atoms with Crippen LogP contribution in [0.3, 0.4) is 0 Å². The lowest BCUT2D eigenvalue weighted by Crippen LogP contribution is -2.64. The van der Waals surface area contributed by atoms with Crippen LogP contribution in [0, 0.1) is 5.41 Å². The summed E-state index contributed by atoms with van der Waals surface area (Å²) in [6.45, 7) is 9.15. The van der Waals surface area contributed by atoms with E-state index < -0.39 is 147 Å².